The molecule has 0 aliphatic heterocycles. The first kappa shape index (κ1) is 9.18. The van der Waals surface area contributed by atoms with Crippen molar-refractivity contribution >= 4 is 25.0 Å². The molecule has 1 aromatic heterocycles. The van der Waals surface area contributed by atoms with Gasteiger partial charge >= 0.3 is 0 Å². The van der Waals surface area contributed by atoms with Gasteiger partial charge in [0.15, 0.2) is 0 Å². The van der Waals surface area contributed by atoms with Crippen molar-refractivity contribution in [2.45, 2.75) is 12.8 Å². The van der Waals surface area contributed by atoms with E-state index in [2.05, 4.69) is 10.3 Å². The molecule has 3 nitrogen and oxygen atoms in total. The summed E-state index contributed by atoms with van der Waals surface area (Å²) in [4.78, 5) is 14.8. The molecule has 1 heterocycles. The number of nitrogens with one attached hydrogen (secondary N) is 1. The van der Waals surface area contributed by atoms with E-state index in [1.807, 2.05) is 0 Å². The predicted octanol–water partition coefficient (Wildman–Crippen LogP) is 0.363. The summed E-state index contributed by atoms with van der Waals surface area (Å²) < 4.78 is 12.9. The van der Waals surface area contributed by atoms with Crippen molar-refractivity contribution in [3.05, 3.63) is 18.1 Å². The lowest BCUT2D eigenvalue weighted by Gasteiger charge is -2.03. The first-order valence-corrected chi connectivity index (χ1v) is 4.39. The third kappa shape index (κ3) is 1.92. The molecule has 2 radical (unpaired) electrons. The van der Waals surface area contributed by atoms with E-state index in [-0.39, 0.29) is 23.1 Å². The third-order valence-electron chi connectivity index (χ3n) is 2.08. The first-order valence-electron chi connectivity index (χ1n) is 4.39. The van der Waals surface area contributed by atoms with Crippen molar-refractivity contribution in [1.29, 1.82) is 0 Å². The van der Waals surface area contributed by atoms with Crippen LogP contribution in [0.15, 0.2) is 12.1 Å². The molecule has 2 rings (SSSR count). The highest BCUT2D eigenvalue weighted by Crippen LogP contribution is 2.29. The quantitative estimate of drug-likeness (QED) is 0.540. The molecule has 1 aliphatic rings. The lowest BCUT2D eigenvalue weighted by atomic mass is 9.98. The van der Waals surface area contributed by atoms with Gasteiger partial charge in [-0.1, -0.05) is 6.07 Å². The summed E-state index contributed by atoms with van der Waals surface area (Å²) in [5.74, 6) is -0.550. The third-order valence-corrected chi connectivity index (χ3v) is 2.08. The van der Waals surface area contributed by atoms with Gasteiger partial charge in [-0.2, -0.15) is 4.39 Å². The van der Waals surface area contributed by atoms with E-state index in [9.17, 15) is 9.18 Å². The topological polar surface area (TPSA) is 42.0 Å². The minimum absolute atomic E-state index is 0.0191. The SMILES string of the molecule is [B]c1ccc(NC(=O)C2CC2)nc1F. The van der Waals surface area contributed by atoms with E-state index in [1.165, 1.54) is 12.1 Å². The second-order valence-corrected chi connectivity index (χ2v) is 3.34. The molecule has 0 saturated heterocycles. The van der Waals surface area contributed by atoms with E-state index in [0.29, 0.717) is 0 Å². The van der Waals surface area contributed by atoms with Crippen molar-refractivity contribution in [2.24, 2.45) is 5.92 Å². The van der Waals surface area contributed by atoms with Crippen molar-refractivity contribution < 1.29 is 9.18 Å². The first-order chi connectivity index (χ1) is 6.66. The Kier molecular flexibility index (Phi) is 2.23. The van der Waals surface area contributed by atoms with Crippen molar-refractivity contribution in [2.75, 3.05) is 5.32 Å². The molecule has 1 saturated carbocycles. The Morgan fingerprint density at radius 2 is 2.29 bits per heavy atom. The largest absolute Gasteiger partial charge is 0.310 e. The number of carbonyl (C=O) groups is 1. The average molecular weight is 190 g/mol. The number of carbonyl (C=O) groups excluding carboxylic acids is 1. The minimum Gasteiger partial charge on any atom is -0.310 e. The second kappa shape index (κ2) is 3.40. The zero-order valence-electron chi connectivity index (χ0n) is 7.46. The van der Waals surface area contributed by atoms with Gasteiger partial charge in [0, 0.05) is 5.92 Å². The van der Waals surface area contributed by atoms with E-state index in [1.54, 1.807) is 0 Å². The molecule has 0 atom stereocenters. The van der Waals surface area contributed by atoms with Crippen LogP contribution in [0.25, 0.3) is 0 Å². The predicted molar refractivity (Wildman–Crippen MR) is 50.9 cm³/mol. The molecular weight excluding hydrogens is 182 g/mol. The maximum Gasteiger partial charge on any atom is 0.228 e. The highest BCUT2D eigenvalue weighted by molar-refractivity contribution is 6.32. The van der Waals surface area contributed by atoms with Crippen LogP contribution in [0.5, 0.6) is 0 Å². The van der Waals surface area contributed by atoms with Crippen molar-refractivity contribution in [3.63, 3.8) is 0 Å². The second-order valence-electron chi connectivity index (χ2n) is 3.34. The Balaban J connectivity index is 2.08. The van der Waals surface area contributed by atoms with Gasteiger partial charge in [0.2, 0.25) is 11.9 Å². The number of nitrogens with zero attached hydrogens (tertiary/aromatic N) is 1. The van der Waals surface area contributed by atoms with Gasteiger partial charge < -0.3 is 5.32 Å². The van der Waals surface area contributed by atoms with Gasteiger partial charge in [-0.05, 0) is 24.4 Å². The maximum atomic E-state index is 12.9. The Labute approximate surface area is 82.1 Å². The van der Waals surface area contributed by atoms with Gasteiger partial charge in [0.05, 0.1) is 0 Å². The number of amides is 1. The van der Waals surface area contributed by atoms with Crippen LogP contribution < -0.4 is 10.8 Å². The fourth-order valence-electron chi connectivity index (χ4n) is 1.09. The minimum atomic E-state index is -0.751. The summed E-state index contributed by atoms with van der Waals surface area (Å²) in [7, 11) is 5.24. The van der Waals surface area contributed by atoms with Gasteiger partial charge in [0.1, 0.15) is 13.7 Å². The van der Waals surface area contributed by atoms with E-state index >= 15 is 0 Å². The number of rotatable bonds is 2. The molecule has 1 aromatic rings. The van der Waals surface area contributed by atoms with Gasteiger partial charge in [-0.15, -0.1) is 0 Å². The van der Waals surface area contributed by atoms with Crippen LogP contribution in [0, 0.1) is 11.9 Å². The monoisotopic (exact) mass is 190 g/mol. The Bertz CT molecular complexity index is 379. The standard InChI is InChI=1S/C9H8BFN2O/c10-6-3-4-7(12-8(6)11)13-9(14)5-1-2-5/h3-5H,1-2H2,(H,12,13,14). The van der Waals surface area contributed by atoms with Crippen LogP contribution in [0.3, 0.4) is 0 Å². The average Bonchev–Trinajstić information content (AvgIpc) is 2.94. The Hall–Kier alpha value is -1.39. The number of aromatic nitrogens is 1. The molecule has 0 aromatic carbocycles. The van der Waals surface area contributed by atoms with Crippen LogP contribution in [-0.2, 0) is 4.79 Å². The summed E-state index contributed by atoms with van der Waals surface area (Å²) in [5.41, 5.74) is -0.0191. The molecule has 1 amide bonds. The molecule has 1 fully saturated rings. The maximum absolute atomic E-state index is 12.9. The molecule has 70 valence electrons. The number of pyridine rings is 1. The fourth-order valence-corrected chi connectivity index (χ4v) is 1.09. The van der Waals surface area contributed by atoms with Crippen LogP contribution in [0.4, 0.5) is 10.2 Å². The van der Waals surface area contributed by atoms with Crippen LogP contribution in [-0.4, -0.2) is 18.7 Å². The summed E-state index contributed by atoms with van der Waals surface area (Å²) in [5, 5.41) is 2.53. The molecule has 5 heteroatoms. The highest BCUT2D eigenvalue weighted by atomic mass is 19.1. The summed E-state index contributed by atoms with van der Waals surface area (Å²) in [6.45, 7) is 0. The fraction of sp³-hybridized carbons (Fsp3) is 0.333. The Morgan fingerprint density at radius 1 is 1.57 bits per heavy atom. The van der Waals surface area contributed by atoms with E-state index < -0.39 is 5.95 Å². The number of hydrogen-bond acceptors (Lipinski definition) is 2. The van der Waals surface area contributed by atoms with E-state index in [0.717, 1.165) is 12.8 Å². The molecule has 14 heavy (non-hydrogen) atoms. The molecule has 0 spiro atoms. The summed E-state index contributed by atoms with van der Waals surface area (Å²) >= 11 is 0. The normalized spacial score (nSPS) is 15.2. The molecular formula is C9H8BFN2O. The summed E-state index contributed by atoms with van der Waals surface area (Å²) in [6.07, 6.45) is 1.81. The molecule has 0 bridgehead atoms. The molecule has 1 aliphatic carbocycles. The smallest absolute Gasteiger partial charge is 0.228 e. The van der Waals surface area contributed by atoms with E-state index in [4.69, 9.17) is 7.85 Å². The van der Waals surface area contributed by atoms with Crippen LogP contribution >= 0.6 is 0 Å². The van der Waals surface area contributed by atoms with Gasteiger partial charge in [0.25, 0.3) is 0 Å². The van der Waals surface area contributed by atoms with Gasteiger partial charge in [-0.25, -0.2) is 4.98 Å². The Morgan fingerprint density at radius 3 is 2.86 bits per heavy atom. The molecule has 1 N–H and O–H groups in total. The zero-order valence-corrected chi connectivity index (χ0v) is 7.46. The lowest BCUT2D eigenvalue weighted by Crippen LogP contribution is -2.17. The lowest BCUT2D eigenvalue weighted by molar-refractivity contribution is -0.117. The van der Waals surface area contributed by atoms with Crippen molar-refractivity contribution in [3.8, 4) is 0 Å². The van der Waals surface area contributed by atoms with Crippen LogP contribution in [0.1, 0.15) is 12.8 Å². The summed E-state index contributed by atoms with van der Waals surface area (Å²) in [6, 6.07) is 2.86. The van der Waals surface area contributed by atoms with Crippen molar-refractivity contribution in [1.82, 2.24) is 4.98 Å². The number of anilines is 1. The number of hydrogen-bond donors (Lipinski definition) is 1. The zero-order chi connectivity index (χ0) is 10.1. The molecule has 0 unspecified atom stereocenters. The van der Waals surface area contributed by atoms with Crippen LogP contribution in [0.2, 0.25) is 0 Å². The number of halogens is 1. The van der Waals surface area contributed by atoms with Gasteiger partial charge in [-0.3, -0.25) is 4.79 Å². The highest BCUT2D eigenvalue weighted by Gasteiger charge is 2.29.